The lowest BCUT2D eigenvalue weighted by atomic mass is 9.97. The molecule has 1 heterocycles. The number of thioether (sulfide) groups is 1. The summed E-state index contributed by atoms with van der Waals surface area (Å²) in [6.45, 7) is 5.18. The first-order valence-corrected chi connectivity index (χ1v) is 6.76. The van der Waals surface area contributed by atoms with Crippen molar-refractivity contribution in [3.05, 3.63) is 24.0 Å². The van der Waals surface area contributed by atoms with Gasteiger partial charge in [-0.25, -0.2) is 4.39 Å². The molecule has 0 aromatic heterocycles. The fourth-order valence-electron chi connectivity index (χ4n) is 1.60. The van der Waals surface area contributed by atoms with Gasteiger partial charge in [0, 0.05) is 18.4 Å². The molecule has 18 heavy (non-hydrogen) atoms. The minimum atomic E-state index is -0.309. The SMILES string of the molecule is COc1cc(F)ccc1NC1=NCC(C)(C)CS1. The van der Waals surface area contributed by atoms with Crippen molar-refractivity contribution in [1.29, 1.82) is 0 Å². The van der Waals surface area contributed by atoms with Crippen LogP contribution < -0.4 is 10.1 Å². The first-order valence-electron chi connectivity index (χ1n) is 5.78. The van der Waals surface area contributed by atoms with Gasteiger partial charge in [-0.3, -0.25) is 4.99 Å². The fourth-order valence-corrected chi connectivity index (χ4v) is 2.56. The van der Waals surface area contributed by atoms with E-state index < -0.39 is 0 Å². The van der Waals surface area contributed by atoms with Crippen molar-refractivity contribution in [2.45, 2.75) is 13.8 Å². The maximum absolute atomic E-state index is 13.1. The topological polar surface area (TPSA) is 33.6 Å². The second kappa shape index (κ2) is 5.18. The number of rotatable bonds is 2. The number of benzene rings is 1. The van der Waals surface area contributed by atoms with E-state index in [4.69, 9.17) is 4.74 Å². The van der Waals surface area contributed by atoms with E-state index in [1.807, 2.05) is 0 Å². The van der Waals surface area contributed by atoms with E-state index in [9.17, 15) is 4.39 Å². The zero-order valence-electron chi connectivity index (χ0n) is 10.8. The first kappa shape index (κ1) is 13.2. The second-order valence-corrected chi connectivity index (χ2v) is 6.01. The van der Waals surface area contributed by atoms with Crippen LogP contribution in [-0.2, 0) is 0 Å². The Balaban J connectivity index is 2.13. The van der Waals surface area contributed by atoms with Gasteiger partial charge in [0.15, 0.2) is 5.17 Å². The lowest BCUT2D eigenvalue weighted by Crippen LogP contribution is -2.27. The Labute approximate surface area is 111 Å². The summed E-state index contributed by atoms with van der Waals surface area (Å²) in [7, 11) is 1.53. The van der Waals surface area contributed by atoms with Crippen LogP contribution in [0.25, 0.3) is 0 Å². The zero-order valence-corrected chi connectivity index (χ0v) is 11.6. The molecule has 0 fully saturated rings. The summed E-state index contributed by atoms with van der Waals surface area (Å²) < 4.78 is 18.2. The molecule has 0 saturated carbocycles. The van der Waals surface area contributed by atoms with Crippen LogP contribution in [0.5, 0.6) is 5.75 Å². The van der Waals surface area contributed by atoms with Crippen molar-refractivity contribution in [2.75, 3.05) is 24.7 Å². The Bertz CT molecular complexity index is 474. The first-order chi connectivity index (χ1) is 8.50. The van der Waals surface area contributed by atoms with Gasteiger partial charge in [-0.2, -0.15) is 0 Å². The smallest absolute Gasteiger partial charge is 0.161 e. The number of halogens is 1. The van der Waals surface area contributed by atoms with E-state index in [0.29, 0.717) is 5.75 Å². The molecular formula is C13H17FN2OS. The number of ether oxygens (including phenoxy) is 1. The van der Waals surface area contributed by atoms with E-state index in [0.717, 1.165) is 23.2 Å². The van der Waals surface area contributed by atoms with Crippen molar-refractivity contribution < 1.29 is 9.13 Å². The van der Waals surface area contributed by atoms with Gasteiger partial charge in [0.1, 0.15) is 11.6 Å². The predicted octanol–water partition coefficient (Wildman–Crippen LogP) is 3.38. The maximum Gasteiger partial charge on any atom is 0.161 e. The molecule has 5 heteroatoms. The van der Waals surface area contributed by atoms with E-state index in [1.54, 1.807) is 17.8 Å². The van der Waals surface area contributed by atoms with E-state index in [1.165, 1.54) is 19.2 Å². The Hall–Kier alpha value is -1.23. The monoisotopic (exact) mass is 268 g/mol. The van der Waals surface area contributed by atoms with E-state index in [-0.39, 0.29) is 11.2 Å². The number of hydrogen-bond donors (Lipinski definition) is 1. The summed E-state index contributed by atoms with van der Waals surface area (Å²) in [6, 6.07) is 4.43. The van der Waals surface area contributed by atoms with Crippen molar-refractivity contribution in [3.63, 3.8) is 0 Å². The molecule has 3 nitrogen and oxygen atoms in total. The molecule has 0 spiro atoms. The van der Waals surface area contributed by atoms with Gasteiger partial charge in [-0.15, -0.1) is 0 Å². The minimum absolute atomic E-state index is 0.239. The number of aliphatic imine (C=N–C) groups is 1. The molecule has 0 saturated heterocycles. The van der Waals surface area contributed by atoms with Crippen LogP contribution in [-0.4, -0.2) is 24.6 Å². The normalized spacial score (nSPS) is 18.1. The van der Waals surface area contributed by atoms with Gasteiger partial charge in [-0.1, -0.05) is 25.6 Å². The third-order valence-electron chi connectivity index (χ3n) is 2.66. The molecule has 98 valence electrons. The summed E-state index contributed by atoms with van der Waals surface area (Å²) >= 11 is 1.68. The largest absolute Gasteiger partial charge is 0.494 e. The Morgan fingerprint density at radius 2 is 2.22 bits per heavy atom. The van der Waals surface area contributed by atoms with Gasteiger partial charge in [0.25, 0.3) is 0 Å². The van der Waals surface area contributed by atoms with Crippen LogP contribution in [0.3, 0.4) is 0 Å². The summed E-state index contributed by atoms with van der Waals surface area (Å²) in [5.41, 5.74) is 0.979. The van der Waals surface area contributed by atoms with Gasteiger partial charge in [0.2, 0.25) is 0 Å². The van der Waals surface area contributed by atoms with Crippen molar-refractivity contribution >= 4 is 22.6 Å². The molecule has 0 bridgehead atoms. The minimum Gasteiger partial charge on any atom is -0.494 e. The van der Waals surface area contributed by atoms with Gasteiger partial charge in [-0.05, 0) is 17.5 Å². The number of nitrogens with one attached hydrogen (secondary N) is 1. The number of methoxy groups -OCH3 is 1. The highest BCUT2D eigenvalue weighted by Crippen LogP contribution is 2.31. The molecular weight excluding hydrogens is 251 g/mol. The Morgan fingerprint density at radius 3 is 2.83 bits per heavy atom. The molecule has 0 atom stereocenters. The summed E-state index contributed by atoms with van der Waals surface area (Å²) in [4.78, 5) is 4.49. The van der Waals surface area contributed by atoms with Gasteiger partial charge < -0.3 is 10.1 Å². The van der Waals surface area contributed by atoms with Gasteiger partial charge in [0.05, 0.1) is 12.8 Å². The number of nitrogens with zero attached hydrogens (tertiary/aromatic N) is 1. The lowest BCUT2D eigenvalue weighted by molar-refractivity contribution is 0.413. The maximum atomic E-state index is 13.1. The third-order valence-corrected chi connectivity index (χ3v) is 4.09. The average Bonchev–Trinajstić information content (AvgIpc) is 2.34. The van der Waals surface area contributed by atoms with Crippen LogP contribution in [0.15, 0.2) is 23.2 Å². The standard InChI is InChI=1S/C13H17FN2OS/c1-13(2)7-15-12(18-8-13)16-10-5-4-9(14)6-11(10)17-3/h4-6H,7-8H2,1-3H3,(H,15,16). The second-order valence-electron chi connectivity index (χ2n) is 5.04. The summed E-state index contributed by atoms with van der Waals surface area (Å²) in [6.07, 6.45) is 0. The quantitative estimate of drug-likeness (QED) is 0.892. The zero-order chi connectivity index (χ0) is 13.2. The highest BCUT2D eigenvalue weighted by molar-refractivity contribution is 8.14. The number of hydrogen-bond acceptors (Lipinski definition) is 4. The molecule has 0 unspecified atom stereocenters. The van der Waals surface area contributed by atoms with Crippen molar-refractivity contribution in [2.24, 2.45) is 10.4 Å². The predicted molar refractivity (Wildman–Crippen MR) is 75.1 cm³/mol. The molecule has 0 amide bonds. The van der Waals surface area contributed by atoms with Crippen LogP contribution in [0, 0.1) is 11.2 Å². The molecule has 1 aliphatic rings. The molecule has 1 aromatic carbocycles. The van der Waals surface area contributed by atoms with Crippen LogP contribution in [0.1, 0.15) is 13.8 Å². The molecule has 1 aromatic rings. The summed E-state index contributed by atoms with van der Waals surface area (Å²) in [5.74, 6) is 1.20. The lowest BCUT2D eigenvalue weighted by Gasteiger charge is -2.27. The van der Waals surface area contributed by atoms with Crippen LogP contribution in [0.4, 0.5) is 10.1 Å². The molecule has 0 aliphatic carbocycles. The van der Waals surface area contributed by atoms with Gasteiger partial charge >= 0.3 is 0 Å². The molecule has 0 radical (unpaired) electrons. The van der Waals surface area contributed by atoms with Crippen molar-refractivity contribution in [3.8, 4) is 5.75 Å². The van der Waals surface area contributed by atoms with E-state index >= 15 is 0 Å². The number of anilines is 1. The Morgan fingerprint density at radius 1 is 1.44 bits per heavy atom. The highest BCUT2D eigenvalue weighted by atomic mass is 32.2. The molecule has 1 N–H and O–H groups in total. The average molecular weight is 268 g/mol. The summed E-state index contributed by atoms with van der Waals surface area (Å²) in [5, 5.41) is 4.05. The van der Waals surface area contributed by atoms with Crippen molar-refractivity contribution in [1.82, 2.24) is 0 Å². The van der Waals surface area contributed by atoms with E-state index in [2.05, 4.69) is 24.2 Å². The molecule has 2 rings (SSSR count). The highest BCUT2D eigenvalue weighted by Gasteiger charge is 2.23. The van der Waals surface area contributed by atoms with Crippen LogP contribution in [0.2, 0.25) is 0 Å². The third kappa shape index (κ3) is 3.16. The fraction of sp³-hybridized carbons (Fsp3) is 0.462. The molecule has 1 aliphatic heterocycles. The Kier molecular flexibility index (Phi) is 3.80. The number of amidine groups is 1. The van der Waals surface area contributed by atoms with Crippen LogP contribution >= 0.6 is 11.8 Å².